The Labute approximate surface area is 226 Å². The van der Waals surface area contributed by atoms with Gasteiger partial charge in [-0.3, -0.25) is 9.59 Å². The van der Waals surface area contributed by atoms with Gasteiger partial charge in [-0.1, -0.05) is 39.3 Å². The predicted octanol–water partition coefficient (Wildman–Crippen LogP) is 5.34. The number of hydrogen-bond donors (Lipinski definition) is 1. The van der Waals surface area contributed by atoms with Crippen molar-refractivity contribution in [2.75, 3.05) is 32.8 Å². The molecule has 0 aliphatic carbocycles. The van der Waals surface area contributed by atoms with Gasteiger partial charge in [0.15, 0.2) is 0 Å². The van der Waals surface area contributed by atoms with Gasteiger partial charge in [-0.05, 0) is 80.9 Å². The van der Waals surface area contributed by atoms with Crippen LogP contribution in [0.5, 0.6) is 11.5 Å². The Kier molecular flexibility index (Phi) is 9.10. The fourth-order valence-corrected chi connectivity index (χ4v) is 5.30. The number of ketones is 1. The molecule has 7 nitrogen and oxygen atoms in total. The second kappa shape index (κ2) is 12.5. The van der Waals surface area contributed by atoms with Crippen LogP contribution < -0.4 is 9.47 Å². The zero-order chi connectivity index (χ0) is 27.2. The number of benzene rings is 2. The molecule has 1 amide bonds. The van der Waals surface area contributed by atoms with Crippen molar-refractivity contribution in [3.05, 3.63) is 64.7 Å². The highest BCUT2D eigenvalue weighted by Gasteiger charge is 2.46. The van der Waals surface area contributed by atoms with Crippen molar-refractivity contribution in [3.8, 4) is 11.5 Å². The van der Waals surface area contributed by atoms with E-state index in [1.165, 1.54) is 0 Å². The van der Waals surface area contributed by atoms with Gasteiger partial charge in [0.1, 0.15) is 23.4 Å². The minimum Gasteiger partial charge on any atom is -0.507 e. The molecule has 4 rings (SSSR count). The number of amides is 1. The van der Waals surface area contributed by atoms with Crippen LogP contribution >= 0.6 is 0 Å². The summed E-state index contributed by atoms with van der Waals surface area (Å²) in [7, 11) is 0. The zero-order valence-electron chi connectivity index (χ0n) is 23.0. The molecule has 1 saturated heterocycles. The Morgan fingerprint density at radius 1 is 1.11 bits per heavy atom. The number of Topliss-reactive ketones (excluding diaryl/α,β-unsaturated/α-hetero) is 1. The molecule has 2 aliphatic heterocycles. The fourth-order valence-electron chi connectivity index (χ4n) is 5.30. The first-order chi connectivity index (χ1) is 18.4. The number of nitrogens with zero attached hydrogens (tertiary/aromatic N) is 2. The molecule has 2 aliphatic rings. The van der Waals surface area contributed by atoms with Gasteiger partial charge in [0, 0.05) is 18.5 Å². The number of hydrogen-bond acceptors (Lipinski definition) is 6. The third kappa shape index (κ3) is 5.88. The van der Waals surface area contributed by atoms with E-state index in [4.69, 9.17) is 9.47 Å². The molecule has 7 heteroatoms. The molecule has 204 valence electrons. The van der Waals surface area contributed by atoms with Crippen molar-refractivity contribution in [2.24, 2.45) is 0 Å². The molecule has 0 radical (unpaired) electrons. The molecule has 2 aromatic rings. The number of fused-ring (bicyclic) bond motifs is 1. The van der Waals surface area contributed by atoms with Crippen molar-refractivity contribution < 1.29 is 24.2 Å². The van der Waals surface area contributed by atoms with Gasteiger partial charge in [0.2, 0.25) is 0 Å². The van der Waals surface area contributed by atoms with Gasteiger partial charge in [-0.25, -0.2) is 0 Å². The molecular weight excluding hydrogens is 480 g/mol. The van der Waals surface area contributed by atoms with Crippen LogP contribution in [0.3, 0.4) is 0 Å². The predicted molar refractivity (Wildman–Crippen MR) is 148 cm³/mol. The van der Waals surface area contributed by atoms with E-state index in [1.54, 1.807) is 11.0 Å². The quantitative estimate of drug-likeness (QED) is 0.176. The summed E-state index contributed by atoms with van der Waals surface area (Å²) in [6.45, 7) is 12.0. The second-order valence-corrected chi connectivity index (χ2v) is 10.1. The van der Waals surface area contributed by atoms with E-state index in [2.05, 4.69) is 25.7 Å². The maximum absolute atomic E-state index is 13.4. The van der Waals surface area contributed by atoms with Crippen molar-refractivity contribution in [1.82, 2.24) is 9.80 Å². The summed E-state index contributed by atoms with van der Waals surface area (Å²) in [5, 5.41) is 11.5. The van der Waals surface area contributed by atoms with Gasteiger partial charge >= 0.3 is 0 Å². The minimum atomic E-state index is -0.690. The molecule has 2 atom stereocenters. The molecule has 2 heterocycles. The number of unbranched alkanes of at least 4 members (excludes halogenated alkanes) is 1. The Morgan fingerprint density at radius 3 is 2.63 bits per heavy atom. The summed E-state index contributed by atoms with van der Waals surface area (Å²) >= 11 is 0. The molecule has 1 fully saturated rings. The average Bonchev–Trinajstić information content (AvgIpc) is 3.42. The summed E-state index contributed by atoms with van der Waals surface area (Å²) in [5.74, 6) is 0.0938. The van der Waals surface area contributed by atoms with Gasteiger partial charge < -0.3 is 24.4 Å². The van der Waals surface area contributed by atoms with Crippen molar-refractivity contribution in [1.29, 1.82) is 0 Å². The monoisotopic (exact) mass is 520 g/mol. The van der Waals surface area contributed by atoms with E-state index >= 15 is 0 Å². The van der Waals surface area contributed by atoms with E-state index in [1.807, 2.05) is 43.3 Å². The highest BCUT2D eigenvalue weighted by atomic mass is 16.5. The lowest BCUT2D eigenvalue weighted by Gasteiger charge is -2.27. The third-order valence-corrected chi connectivity index (χ3v) is 7.42. The second-order valence-electron chi connectivity index (χ2n) is 10.1. The molecule has 0 spiro atoms. The van der Waals surface area contributed by atoms with Crippen LogP contribution in [0.25, 0.3) is 5.76 Å². The zero-order valence-corrected chi connectivity index (χ0v) is 23.0. The maximum Gasteiger partial charge on any atom is 0.295 e. The SMILES string of the molecule is CCCCOc1cccc([C@@H]2/C(=C(\O)c3ccc4c(c3)C[C@@H](C)O4)C(=O)C(=O)N2CCCN(CC)CC)c1. The van der Waals surface area contributed by atoms with Crippen LogP contribution in [0, 0.1) is 0 Å². The topological polar surface area (TPSA) is 79.3 Å². The normalized spacial score (nSPS) is 20.2. The number of likely N-dealkylation sites (tertiary alicyclic amines) is 1. The molecule has 0 unspecified atom stereocenters. The van der Waals surface area contributed by atoms with Crippen molar-refractivity contribution in [3.63, 3.8) is 0 Å². The first kappa shape index (κ1) is 27.7. The van der Waals surface area contributed by atoms with Crippen LogP contribution in [0.15, 0.2) is 48.0 Å². The smallest absolute Gasteiger partial charge is 0.295 e. The molecule has 0 saturated carbocycles. The molecule has 0 bridgehead atoms. The van der Waals surface area contributed by atoms with Gasteiger partial charge in [-0.2, -0.15) is 0 Å². The first-order valence-corrected chi connectivity index (χ1v) is 13.9. The third-order valence-electron chi connectivity index (χ3n) is 7.42. The molecule has 0 aromatic heterocycles. The maximum atomic E-state index is 13.4. The standard InChI is InChI=1S/C31H40N2O5/c1-5-8-17-37-25-12-9-11-22(20-25)28-27(29(34)23-13-14-26-24(19-23)18-21(4)38-26)30(35)31(36)33(28)16-10-15-32(6-2)7-3/h9,11-14,19-21,28,34H,5-8,10,15-18H2,1-4H3/b29-27+/t21-,28-/m1/s1. The largest absolute Gasteiger partial charge is 0.507 e. The van der Waals surface area contributed by atoms with Crippen LogP contribution in [0.4, 0.5) is 0 Å². The summed E-state index contributed by atoms with van der Waals surface area (Å²) in [5.41, 5.74) is 2.37. The van der Waals surface area contributed by atoms with Gasteiger partial charge in [-0.15, -0.1) is 0 Å². The summed E-state index contributed by atoms with van der Waals surface area (Å²) < 4.78 is 11.7. The Morgan fingerprint density at radius 2 is 1.89 bits per heavy atom. The van der Waals surface area contributed by atoms with E-state index in [9.17, 15) is 14.7 Å². The minimum absolute atomic E-state index is 0.0641. The summed E-state index contributed by atoms with van der Waals surface area (Å²) in [6.07, 6.45) is 3.49. The van der Waals surface area contributed by atoms with Crippen LogP contribution in [0.2, 0.25) is 0 Å². The number of ether oxygens (including phenoxy) is 2. The Hall–Kier alpha value is -3.32. The van der Waals surface area contributed by atoms with Crippen LogP contribution in [0.1, 0.15) is 69.7 Å². The van der Waals surface area contributed by atoms with Crippen LogP contribution in [-0.4, -0.2) is 65.5 Å². The lowest BCUT2D eigenvalue weighted by Crippen LogP contribution is -2.33. The van der Waals surface area contributed by atoms with Crippen molar-refractivity contribution in [2.45, 2.75) is 65.5 Å². The first-order valence-electron chi connectivity index (χ1n) is 13.9. The van der Waals surface area contributed by atoms with E-state index in [0.29, 0.717) is 24.5 Å². The number of carbonyl (C=O) groups excluding carboxylic acids is 2. The number of aliphatic hydroxyl groups excluding tert-OH is 1. The number of carbonyl (C=O) groups is 2. The van der Waals surface area contributed by atoms with Gasteiger partial charge in [0.05, 0.1) is 18.2 Å². The molecule has 2 aromatic carbocycles. The average molecular weight is 521 g/mol. The van der Waals surface area contributed by atoms with E-state index in [0.717, 1.165) is 62.2 Å². The summed E-state index contributed by atoms with van der Waals surface area (Å²) in [6, 6.07) is 12.3. The van der Waals surface area contributed by atoms with E-state index in [-0.39, 0.29) is 17.4 Å². The van der Waals surface area contributed by atoms with Crippen molar-refractivity contribution >= 4 is 17.4 Å². The Balaban J connectivity index is 1.72. The summed E-state index contributed by atoms with van der Waals surface area (Å²) in [4.78, 5) is 30.7. The number of aliphatic hydroxyl groups is 1. The fraction of sp³-hybridized carbons (Fsp3) is 0.484. The molecular formula is C31H40N2O5. The lowest BCUT2D eigenvalue weighted by atomic mass is 9.94. The number of rotatable bonds is 12. The highest BCUT2D eigenvalue weighted by molar-refractivity contribution is 6.46. The Bertz CT molecular complexity index is 1190. The molecule has 1 N–H and O–H groups in total. The van der Waals surface area contributed by atoms with E-state index < -0.39 is 17.7 Å². The molecule has 38 heavy (non-hydrogen) atoms. The van der Waals surface area contributed by atoms with Gasteiger partial charge in [0.25, 0.3) is 11.7 Å². The van der Waals surface area contributed by atoms with Crippen LogP contribution in [-0.2, 0) is 16.0 Å². The lowest BCUT2D eigenvalue weighted by molar-refractivity contribution is -0.140. The highest BCUT2D eigenvalue weighted by Crippen LogP contribution is 2.41.